The molecule has 1 aliphatic rings. The number of amides is 1. The van der Waals surface area contributed by atoms with Crippen LogP contribution in [0.3, 0.4) is 0 Å². The highest BCUT2D eigenvalue weighted by Gasteiger charge is 2.25. The Morgan fingerprint density at radius 1 is 1.33 bits per heavy atom. The second kappa shape index (κ2) is 6.37. The van der Waals surface area contributed by atoms with Crippen molar-refractivity contribution in [3.05, 3.63) is 18.0 Å². The van der Waals surface area contributed by atoms with E-state index in [4.69, 9.17) is 0 Å². The fourth-order valence-electron chi connectivity index (χ4n) is 3.00. The summed E-state index contributed by atoms with van der Waals surface area (Å²) in [4.78, 5) is 14.3. The van der Waals surface area contributed by atoms with Crippen molar-refractivity contribution in [2.45, 2.75) is 40.5 Å². The molecule has 0 spiro atoms. The number of nitrogens with zero attached hydrogens (tertiary/aromatic N) is 5. The topological polar surface area (TPSA) is 75.4 Å². The first kappa shape index (κ1) is 16.7. The summed E-state index contributed by atoms with van der Waals surface area (Å²) in [5.74, 6) is 2.29. The van der Waals surface area contributed by atoms with Crippen LogP contribution in [0.4, 0.5) is 5.82 Å². The van der Waals surface area contributed by atoms with Crippen LogP contribution in [-0.2, 0) is 4.79 Å². The van der Waals surface area contributed by atoms with Gasteiger partial charge in [0.25, 0.3) is 0 Å². The molecule has 1 saturated heterocycles. The van der Waals surface area contributed by atoms with Crippen molar-refractivity contribution in [3.63, 3.8) is 0 Å². The van der Waals surface area contributed by atoms with E-state index in [0.29, 0.717) is 5.92 Å². The van der Waals surface area contributed by atoms with E-state index < -0.39 is 0 Å². The number of rotatable bonds is 3. The molecule has 0 radical (unpaired) electrons. The lowest BCUT2D eigenvalue weighted by Crippen LogP contribution is -2.43. The molecule has 0 aromatic carbocycles. The van der Waals surface area contributed by atoms with Crippen molar-refractivity contribution < 1.29 is 4.79 Å². The molecule has 0 bridgehead atoms. The van der Waals surface area contributed by atoms with Gasteiger partial charge in [-0.25, -0.2) is 0 Å². The zero-order chi connectivity index (χ0) is 17.3. The smallest absolute Gasteiger partial charge is 0.225 e. The van der Waals surface area contributed by atoms with Crippen LogP contribution in [0.1, 0.15) is 39.4 Å². The Bertz CT molecular complexity index is 732. The van der Waals surface area contributed by atoms with E-state index in [1.807, 2.05) is 39.8 Å². The van der Waals surface area contributed by atoms with Gasteiger partial charge < -0.3 is 10.2 Å². The van der Waals surface area contributed by atoms with Gasteiger partial charge in [-0.1, -0.05) is 20.8 Å². The molecule has 130 valence electrons. The van der Waals surface area contributed by atoms with E-state index in [2.05, 4.69) is 25.5 Å². The second-order valence-electron chi connectivity index (χ2n) is 7.62. The Kier molecular flexibility index (Phi) is 4.43. The number of piperidine rings is 1. The Hall–Kier alpha value is -2.18. The Morgan fingerprint density at radius 3 is 2.88 bits per heavy atom. The van der Waals surface area contributed by atoms with Gasteiger partial charge in [-0.15, -0.1) is 15.3 Å². The maximum absolute atomic E-state index is 12.1. The lowest BCUT2D eigenvalue weighted by atomic mass is 9.94. The summed E-state index contributed by atoms with van der Waals surface area (Å²) in [6.45, 7) is 10.3. The van der Waals surface area contributed by atoms with Gasteiger partial charge in [0.15, 0.2) is 11.5 Å². The molecule has 0 saturated carbocycles. The summed E-state index contributed by atoms with van der Waals surface area (Å²) >= 11 is 0. The van der Waals surface area contributed by atoms with Crippen LogP contribution in [0, 0.1) is 18.3 Å². The number of aromatic nitrogens is 4. The fourth-order valence-corrected chi connectivity index (χ4v) is 3.00. The highest BCUT2D eigenvalue weighted by atomic mass is 16.2. The highest BCUT2D eigenvalue weighted by molar-refractivity contribution is 5.81. The Labute approximate surface area is 142 Å². The third kappa shape index (κ3) is 3.49. The Balaban J connectivity index is 1.66. The first-order valence-electron chi connectivity index (χ1n) is 8.57. The summed E-state index contributed by atoms with van der Waals surface area (Å²) in [7, 11) is 0. The molecule has 24 heavy (non-hydrogen) atoms. The van der Waals surface area contributed by atoms with Gasteiger partial charge in [-0.3, -0.25) is 4.79 Å². The van der Waals surface area contributed by atoms with E-state index in [1.54, 1.807) is 4.52 Å². The number of aryl methyl sites for hydroxylation is 1. The molecular weight excluding hydrogens is 304 g/mol. The first-order valence-corrected chi connectivity index (χ1v) is 8.57. The number of anilines is 1. The molecule has 2 aromatic heterocycles. The van der Waals surface area contributed by atoms with Gasteiger partial charge in [-0.2, -0.15) is 4.52 Å². The average molecular weight is 330 g/mol. The maximum atomic E-state index is 12.1. The van der Waals surface area contributed by atoms with Gasteiger partial charge in [0, 0.05) is 25.0 Å². The van der Waals surface area contributed by atoms with E-state index in [0.717, 1.165) is 49.8 Å². The maximum Gasteiger partial charge on any atom is 0.225 e. The summed E-state index contributed by atoms with van der Waals surface area (Å²) < 4.78 is 1.78. The van der Waals surface area contributed by atoms with Gasteiger partial charge in [0.1, 0.15) is 5.82 Å². The van der Waals surface area contributed by atoms with Crippen LogP contribution in [0.5, 0.6) is 0 Å². The monoisotopic (exact) mass is 330 g/mol. The van der Waals surface area contributed by atoms with Crippen molar-refractivity contribution in [2.24, 2.45) is 11.3 Å². The zero-order valence-corrected chi connectivity index (χ0v) is 14.9. The van der Waals surface area contributed by atoms with Crippen LogP contribution in [0.15, 0.2) is 12.1 Å². The highest BCUT2D eigenvalue weighted by Crippen LogP contribution is 2.22. The number of nitrogens with one attached hydrogen (secondary N) is 1. The van der Waals surface area contributed by atoms with Gasteiger partial charge in [-0.05, 0) is 37.8 Å². The van der Waals surface area contributed by atoms with E-state index >= 15 is 0 Å². The minimum Gasteiger partial charge on any atom is -0.355 e. The lowest BCUT2D eigenvalue weighted by Gasteiger charge is -2.34. The van der Waals surface area contributed by atoms with Crippen LogP contribution in [-0.4, -0.2) is 45.4 Å². The zero-order valence-electron chi connectivity index (χ0n) is 14.9. The first-order chi connectivity index (χ1) is 11.3. The standard InChI is InChI=1S/C17H26N6O/c1-12-19-20-14-7-8-15(21-23(12)14)22-9-5-6-13(11-22)10-18-16(24)17(2,3)4/h7-8,13H,5-6,9-11H2,1-4H3,(H,18,24). The molecule has 1 amide bonds. The van der Waals surface area contributed by atoms with Crippen LogP contribution < -0.4 is 10.2 Å². The molecule has 1 fully saturated rings. The van der Waals surface area contributed by atoms with Gasteiger partial charge in [0.2, 0.25) is 5.91 Å². The van der Waals surface area contributed by atoms with Crippen molar-refractivity contribution in [1.29, 1.82) is 0 Å². The predicted molar refractivity (Wildman–Crippen MR) is 92.9 cm³/mol. The van der Waals surface area contributed by atoms with Gasteiger partial charge in [0.05, 0.1) is 0 Å². The number of carbonyl (C=O) groups is 1. The molecule has 1 atom stereocenters. The molecule has 1 N–H and O–H groups in total. The number of carbonyl (C=O) groups excluding carboxylic acids is 1. The van der Waals surface area contributed by atoms with E-state index in [9.17, 15) is 4.79 Å². The van der Waals surface area contributed by atoms with Gasteiger partial charge >= 0.3 is 0 Å². The summed E-state index contributed by atoms with van der Waals surface area (Å²) in [5.41, 5.74) is 0.426. The molecule has 7 heteroatoms. The van der Waals surface area contributed by atoms with Crippen molar-refractivity contribution in [2.75, 3.05) is 24.5 Å². The van der Waals surface area contributed by atoms with Crippen LogP contribution in [0.25, 0.3) is 5.65 Å². The fraction of sp³-hybridized carbons (Fsp3) is 0.647. The third-order valence-electron chi connectivity index (χ3n) is 4.48. The number of hydrogen-bond acceptors (Lipinski definition) is 5. The molecule has 1 aliphatic heterocycles. The van der Waals surface area contributed by atoms with Crippen molar-refractivity contribution in [1.82, 2.24) is 25.1 Å². The largest absolute Gasteiger partial charge is 0.355 e. The SMILES string of the molecule is Cc1nnc2ccc(N3CCCC(CNC(=O)C(C)(C)C)C3)nn12. The normalized spacial score (nSPS) is 18.8. The Morgan fingerprint density at radius 2 is 2.12 bits per heavy atom. The average Bonchev–Trinajstić information content (AvgIpc) is 2.93. The van der Waals surface area contributed by atoms with Crippen LogP contribution in [0.2, 0.25) is 0 Å². The molecular formula is C17H26N6O. The van der Waals surface area contributed by atoms with E-state index in [-0.39, 0.29) is 11.3 Å². The molecule has 3 heterocycles. The van der Waals surface area contributed by atoms with Crippen molar-refractivity contribution >= 4 is 17.4 Å². The minimum atomic E-state index is -0.340. The second-order valence-corrected chi connectivity index (χ2v) is 7.62. The predicted octanol–water partition coefficient (Wildman–Crippen LogP) is 1.81. The molecule has 1 unspecified atom stereocenters. The molecule has 0 aliphatic carbocycles. The minimum absolute atomic E-state index is 0.110. The molecule has 2 aromatic rings. The van der Waals surface area contributed by atoms with E-state index in [1.165, 1.54) is 0 Å². The van der Waals surface area contributed by atoms with Crippen molar-refractivity contribution in [3.8, 4) is 0 Å². The quantitative estimate of drug-likeness (QED) is 0.929. The third-order valence-corrected chi connectivity index (χ3v) is 4.48. The molecule has 7 nitrogen and oxygen atoms in total. The summed E-state index contributed by atoms with van der Waals surface area (Å²) in [6.07, 6.45) is 2.24. The summed E-state index contributed by atoms with van der Waals surface area (Å²) in [6, 6.07) is 3.95. The lowest BCUT2D eigenvalue weighted by molar-refractivity contribution is -0.128. The van der Waals surface area contributed by atoms with Crippen LogP contribution >= 0.6 is 0 Å². The number of hydrogen-bond donors (Lipinski definition) is 1. The molecule has 3 rings (SSSR count). The summed E-state index contributed by atoms with van der Waals surface area (Å²) in [5, 5.41) is 15.9. The number of fused-ring (bicyclic) bond motifs is 1.